The van der Waals surface area contributed by atoms with Gasteiger partial charge in [-0.2, -0.15) is 9.98 Å². The van der Waals surface area contributed by atoms with E-state index in [-0.39, 0.29) is 10.6 Å². The number of nitrogens with one attached hydrogen (secondary N) is 1. The molecule has 0 aliphatic heterocycles. The van der Waals surface area contributed by atoms with Crippen LogP contribution in [-0.2, 0) is 10.0 Å². The molecule has 8 heteroatoms. The van der Waals surface area contributed by atoms with Crippen LogP contribution in [0, 0.1) is 28.4 Å². The molecule has 1 unspecified atom stereocenters. The van der Waals surface area contributed by atoms with Crippen LogP contribution in [0.25, 0.3) is 0 Å². The van der Waals surface area contributed by atoms with Crippen LogP contribution < -0.4 is 4.72 Å². The summed E-state index contributed by atoms with van der Waals surface area (Å²) in [5.41, 5.74) is 0.0591. The third kappa shape index (κ3) is 3.03. The van der Waals surface area contributed by atoms with E-state index in [0.717, 1.165) is 6.07 Å². The molecule has 0 aromatic heterocycles. The molecule has 0 amide bonds. The number of benzene rings is 1. The molecule has 18 heavy (non-hydrogen) atoms. The van der Waals surface area contributed by atoms with Crippen LogP contribution in [0.1, 0.15) is 12.5 Å². The zero-order valence-corrected chi connectivity index (χ0v) is 10.6. The van der Waals surface area contributed by atoms with Crippen LogP contribution in [0.2, 0.25) is 0 Å². The molecule has 0 bridgehead atoms. The topological polar surface area (TPSA) is 113 Å². The maximum atomic E-state index is 11.9. The fourth-order valence-corrected chi connectivity index (χ4v) is 2.73. The second kappa shape index (κ2) is 5.12. The summed E-state index contributed by atoms with van der Waals surface area (Å²) in [7, 11) is -3.94. The van der Waals surface area contributed by atoms with E-state index in [9.17, 15) is 18.5 Å². The fourth-order valence-electron chi connectivity index (χ4n) is 1.31. The van der Waals surface area contributed by atoms with Crippen molar-refractivity contribution in [2.45, 2.75) is 24.8 Å². The summed E-state index contributed by atoms with van der Waals surface area (Å²) in [5, 5.41) is 19.2. The van der Waals surface area contributed by atoms with Gasteiger partial charge in [0.15, 0.2) is 0 Å². The van der Waals surface area contributed by atoms with Gasteiger partial charge < -0.3 is 0 Å². The van der Waals surface area contributed by atoms with Gasteiger partial charge in [0, 0.05) is 12.1 Å². The Morgan fingerprint density at radius 3 is 2.61 bits per heavy atom. The van der Waals surface area contributed by atoms with Gasteiger partial charge in [0.1, 0.15) is 6.04 Å². The van der Waals surface area contributed by atoms with E-state index in [1.165, 1.54) is 26.0 Å². The van der Waals surface area contributed by atoms with Gasteiger partial charge in [0.2, 0.25) is 10.0 Å². The predicted octanol–water partition coefficient (Wildman–Crippen LogP) is 1.09. The monoisotopic (exact) mass is 269 g/mol. The maximum Gasteiger partial charge on any atom is 0.270 e. The molecule has 0 radical (unpaired) electrons. The normalized spacial score (nSPS) is 12.7. The lowest BCUT2D eigenvalue weighted by Crippen LogP contribution is -2.31. The first kappa shape index (κ1) is 14.1. The highest BCUT2D eigenvalue weighted by atomic mass is 32.2. The Morgan fingerprint density at radius 1 is 1.50 bits per heavy atom. The van der Waals surface area contributed by atoms with Crippen molar-refractivity contribution in [2.75, 3.05) is 0 Å². The van der Waals surface area contributed by atoms with Gasteiger partial charge in [-0.3, -0.25) is 10.1 Å². The Labute approximate surface area is 104 Å². The molecule has 0 fully saturated rings. The minimum atomic E-state index is -3.94. The lowest BCUT2D eigenvalue weighted by atomic mass is 10.2. The van der Waals surface area contributed by atoms with E-state index in [4.69, 9.17) is 5.26 Å². The molecule has 0 saturated carbocycles. The molecule has 0 aliphatic rings. The van der Waals surface area contributed by atoms with Gasteiger partial charge in [0.25, 0.3) is 5.69 Å². The van der Waals surface area contributed by atoms with Crippen molar-refractivity contribution < 1.29 is 13.3 Å². The van der Waals surface area contributed by atoms with E-state index < -0.39 is 21.0 Å². The molecule has 7 nitrogen and oxygen atoms in total. The predicted molar refractivity (Wildman–Crippen MR) is 63.2 cm³/mol. The minimum Gasteiger partial charge on any atom is -0.258 e. The smallest absolute Gasteiger partial charge is 0.258 e. The quantitative estimate of drug-likeness (QED) is 0.649. The standard InChI is InChI=1S/C10H11N3O4S/c1-7-3-4-9(13(14)15)5-10(7)18(16,17)12-8(2)6-11/h3-5,8,12H,1-2H3. The molecule has 0 heterocycles. The van der Waals surface area contributed by atoms with E-state index in [1.807, 2.05) is 0 Å². The molecule has 96 valence electrons. The molecular weight excluding hydrogens is 258 g/mol. The second-order valence-electron chi connectivity index (χ2n) is 3.68. The first-order valence-electron chi connectivity index (χ1n) is 4.95. The number of rotatable bonds is 4. The number of nitro groups is 1. The number of nitrogens with zero attached hydrogens (tertiary/aromatic N) is 2. The highest BCUT2D eigenvalue weighted by Gasteiger charge is 2.22. The summed E-state index contributed by atoms with van der Waals surface area (Å²) in [6.45, 7) is 2.90. The molecule has 1 atom stereocenters. The van der Waals surface area contributed by atoms with Crippen molar-refractivity contribution in [1.82, 2.24) is 4.72 Å². The molecule has 0 saturated heterocycles. The van der Waals surface area contributed by atoms with Crippen molar-refractivity contribution in [2.24, 2.45) is 0 Å². The minimum absolute atomic E-state index is 0.196. The summed E-state index contributed by atoms with van der Waals surface area (Å²) in [6, 6.07) is 4.36. The third-order valence-electron chi connectivity index (χ3n) is 2.20. The van der Waals surface area contributed by atoms with Gasteiger partial charge >= 0.3 is 0 Å². The van der Waals surface area contributed by atoms with Crippen LogP contribution >= 0.6 is 0 Å². The molecule has 0 spiro atoms. The summed E-state index contributed by atoms with van der Waals surface area (Å²) in [6.07, 6.45) is 0. The van der Waals surface area contributed by atoms with Crippen LogP contribution in [0.15, 0.2) is 23.1 Å². The highest BCUT2D eigenvalue weighted by Crippen LogP contribution is 2.21. The molecule has 1 aromatic carbocycles. The van der Waals surface area contributed by atoms with Crippen molar-refractivity contribution in [3.63, 3.8) is 0 Å². The van der Waals surface area contributed by atoms with Gasteiger partial charge in [-0.05, 0) is 19.4 Å². The van der Waals surface area contributed by atoms with Crippen LogP contribution in [0.5, 0.6) is 0 Å². The number of nitro benzene ring substituents is 1. The Morgan fingerprint density at radius 2 is 2.11 bits per heavy atom. The molecular formula is C10H11N3O4S. The van der Waals surface area contributed by atoms with Gasteiger partial charge in [0.05, 0.1) is 15.9 Å². The first-order valence-corrected chi connectivity index (χ1v) is 6.43. The Balaban J connectivity index is 3.28. The fraction of sp³-hybridized carbons (Fsp3) is 0.300. The second-order valence-corrected chi connectivity index (χ2v) is 5.36. The van der Waals surface area contributed by atoms with E-state index in [1.54, 1.807) is 6.07 Å². The average molecular weight is 269 g/mol. The lowest BCUT2D eigenvalue weighted by Gasteiger charge is -2.10. The summed E-state index contributed by atoms with van der Waals surface area (Å²) >= 11 is 0. The average Bonchev–Trinajstić information content (AvgIpc) is 2.28. The van der Waals surface area contributed by atoms with Crippen molar-refractivity contribution in [3.05, 3.63) is 33.9 Å². The van der Waals surface area contributed by atoms with Gasteiger partial charge in [-0.15, -0.1) is 0 Å². The summed E-state index contributed by atoms with van der Waals surface area (Å²) in [4.78, 5) is 9.74. The molecule has 0 aliphatic carbocycles. The van der Waals surface area contributed by atoms with Crippen LogP contribution in [0.3, 0.4) is 0 Å². The Hall–Kier alpha value is -1.98. The number of nitriles is 1. The van der Waals surface area contributed by atoms with Crippen molar-refractivity contribution >= 4 is 15.7 Å². The van der Waals surface area contributed by atoms with Crippen molar-refractivity contribution in [1.29, 1.82) is 5.26 Å². The Kier molecular flexibility index (Phi) is 4.00. The van der Waals surface area contributed by atoms with Gasteiger partial charge in [-0.25, -0.2) is 8.42 Å². The SMILES string of the molecule is Cc1ccc([N+](=O)[O-])cc1S(=O)(=O)NC(C)C#N. The lowest BCUT2D eigenvalue weighted by molar-refractivity contribution is -0.385. The number of hydrogen-bond acceptors (Lipinski definition) is 5. The zero-order valence-electron chi connectivity index (χ0n) is 9.75. The highest BCUT2D eigenvalue weighted by molar-refractivity contribution is 7.89. The first-order chi connectivity index (χ1) is 8.27. The Bertz CT molecular complexity index is 619. The maximum absolute atomic E-state index is 11.9. The summed E-state index contributed by atoms with van der Waals surface area (Å²) in [5.74, 6) is 0. The van der Waals surface area contributed by atoms with Crippen molar-refractivity contribution in [3.8, 4) is 6.07 Å². The van der Waals surface area contributed by atoms with E-state index >= 15 is 0 Å². The number of non-ortho nitro benzene ring substituents is 1. The summed E-state index contributed by atoms with van der Waals surface area (Å²) < 4.78 is 25.9. The number of hydrogen-bond donors (Lipinski definition) is 1. The third-order valence-corrected chi connectivity index (χ3v) is 3.88. The molecule has 1 aromatic rings. The zero-order chi connectivity index (χ0) is 13.9. The number of aryl methyl sites for hydroxylation is 1. The largest absolute Gasteiger partial charge is 0.270 e. The van der Waals surface area contributed by atoms with E-state index in [2.05, 4.69) is 4.72 Å². The van der Waals surface area contributed by atoms with Crippen LogP contribution in [-0.4, -0.2) is 19.4 Å². The van der Waals surface area contributed by atoms with E-state index in [0.29, 0.717) is 5.56 Å². The molecule has 1 N–H and O–H groups in total. The molecule has 1 rings (SSSR count). The number of sulfonamides is 1. The van der Waals surface area contributed by atoms with Crippen LogP contribution in [0.4, 0.5) is 5.69 Å². The van der Waals surface area contributed by atoms with Gasteiger partial charge in [-0.1, -0.05) is 6.07 Å².